The lowest BCUT2D eigenvalue weighted by molar-refractivity contribution is 0.197. The van der Waals surface area contributed by atoms with E-state index in [2.05, 4.69) is 31.1 Å². The Morgan fingerprint density at radius 2 is 1.87 bits per heavy atom. The average Bonchev–Trinajstić information content (AvgIpc) is 2.59. The van der Waals surface area contributed by atoms with Crippen LogP contribution in [-0.4, -0.2) is 38.1 Å². The second-order valence-corrected chi connectivity index (χ2v) is 5.51. The van der Waals surface area contributed by atoms with Gasteiger partial charge in [0, 0.05) is 19.6 Å². The maximum absolute atomic E-state index is 3.46. The molecule has 0 aliphatic heterocycles. The molecule has 0 atom stereocenters. The monoisotopic (exact) mass is 212 g/mol. The second-order valence-electron chi connectivity index (χ2n) is 5.51. The highest BCUT2D eigenvalue weighted by Crippen LogP contribution is 2.37. The van der Waals surface area contributed by atoms with Crippen molar-refractivity contribution < 1.29 is 0 Å². The Balaban J connectivity index is 2.09. The zero-order chi connectivity index (χ0) is 11.1. The molecule has 2 heteroatoms. The fourth-order valence-corrected chi connectivity index (χ4v) is 2.69. The molecule has 1 saturated carbocycles. The second kappa shape index (κ2) is 6.49. The van der Waals surface area contributed by atoms with Gasteiger partial charge in [0.05, 0.1) is 0 Å². The van der Waals surface area contributed by atoms with Crippen LogP contribution in [0.1, 0.15) is 46.0 Å². The Morgan fingerprint density at radius 1 is 1.20 bits per heavy atom. The van der Waals surface area contributed by atoms with Crippen LogP contribution in [0, 0.1) is 5.41 Å². The summed E-state index contributed by atoms with van der Waals surface area (Å²) in [6, 6.07) is 0. The van der Waals surface area contributed by atoms with E-state index in [-0.39, 0.29) is 0 Å². The molecule has 1 aliphatic rings. The van der Waals surface area contributed by atoms with E-state index in [1.165, 1.54) is 45.2 Å². The van der Waals surface area contributed by atoms with E-state index in [9.17, 15) is 0 Å². The van der Waals surface area contributed by atoms with E-state index in [0.717, 1.165) is 13.1 Å². The zero-order valence-electron chi connectivity index (χ0n) is 10.8. The van der Waals surface area contributed by atoms with Crippen molar-refractivity contribution in [3.8, 4) is 0 Å². The third-order valence-electron chi connectivity index (χ3n) is 3.56. The van der Waals surface area contributed by atoms with E-state index < -0.39 is 0 Å². The van der Waals surface area contributed by atoms with Crippen LogP contribution in [0.4, 0.5) is 0 Å². The fourth-order valence-electron chi connectivity index (χ4n) is 2.69. The maximum Gasteiger partial charge on any atom is 0.0104 e. The number of hydrogen-bond donors (Lipinski definition) is 1. The molecule has 1 fully saturated rings. The predicted molar refractivity (Wildman–Crippen MR) is 67.2 cm³/mol. The summed E-state index contributed by atoms with van der Waals surface area (Å²) in [5, 5.41) is 3.46. The Labute approximate surface area is 95.4 Å². The molecule has 0 saturated heterocycles. The molecule has 1 N–H and O–H groups in total. The number of likely N-dealkylation sites (N-methyl/N-ethyl adjacent to an activating group) is 1. The van der Waals surface area contributed by atoms with Gasteiger partial charge in [0.2, 0.25) is 0 Å². The normalized spacial score (nSPS) is 20.0. The van der Waals surface area contributed by atoms with Gasteiger partial charge >= 0.3 is 0 Å². The van der Waals surface area contributed by atoms with Crippen molar-refractivity contribution in [2.75, 3.05) is 33.2 Å². The van der Waals surface area contributed by atoms with Crippen molar-refractivity contribution in [2.45, 2.75) is 46.0 Å². The van der Waals surface area contributed by atoms with Crippen molar-refractivity contribution in [3.63, 3.8) is 0 Å². The van der Waals surface area contributed by atoms with Crippen molar-refractivity contribution in [1.29, 1.82) is 0 Å². The van der Waals surface area contributed by atoms with Gasteiger partial charge in [0.1, 0.15) is 0 Å². The van der Waals surface area contributed by atoms with Crippen LogP contribution in [0.25, 0.3) is 0 Å². The van der Waals surface area contributed by atoms with Crippen LogP contribution in [0.15, 0.2) is 0 Å². The molecule has 15 heavy (non-hydrogen) atoms. The van der Waals surface area contributed by atoms with Crippen LogP contribution >= 0.6 is 0 Å². The van der Waals surface area contributed by atoms with Gasteiger partial charge in [-0.05, 0) is 38.3 Å². The van der Waals surface area contributed by atoms with E-state index in [1.54, 1.807) is 0 Å². The summed E-state index contributed by atoms with van der Waals surface area (Å²) in [6.45, 7) is 9.44. The Bertz CT molecular complexity index is 162. The highest BCUT2D eigenvalue weighted by molar-refractivity contribution is 4.82. The van der Waals surface area contributed by atoms with Crippen LogP contribution in [0.2, 0.25) is 0 Å². The number of rotatable bonds is 7. The van der Waals surface area contributed by atoms with Gasteiger partial charge < -0.3 is 10.2 Å². The SMILES string of the molecule is CCCNCCN(C)CC1(C)CCCC1. The maximum atomic E-state index is 3.46. The molecular weight excluding hydrogens is 184 g/mol. The van der Waals surface area contributed by atoms with Crippen LogP contribution in [0.5, 0.6) is 0 Å². The zero-order valence-corrected chi connectivity index (χ0v) is 10.8. The van der Waals surface area contributed by atoms with Crippen molar-refractivity contribution in [3.05, 3.63) is 0 Å². The summed E-state index contributed by atoms with van der Waals surface area (Å²) in [6.07, 6.45) is 6.98. The van der Waals surface area contributed by atoms with E-state index in [0.29, 0.717) is 5.41 Å². The molecule has 1 rings (SSSR count). The molecule has 0 aromatic rings. The van der Waals surface area contributed by atoms with Crippen LogP contribution < -0.4 is 5.32 Å². The molecule has 0 aromatic carbocycles. The quantitative estimate of drug-likeness (QED) is 0.652. The minimum atomic E-state index is 0.611. The summed E-state index contributed by atoms with van der Waals surface area (Å²) in [5.41, 5.74) is 0.611. The van der Waals surface area contributed by atoms with Gasteiger partial charge in [-0.25, -0.2) is 0 Å². The molecule has 90 valence electrons. The molecule has 2 nitrogen and oxygen atoms in total. The molecule has 0 heterocycles. The predicted octanol–water partition coefficient (Wildman–Crippen LogP) is 2.50. The number of nitrogens with zero attached hydrogens (tertiary/aromatic N) is 1. The first kappa shape index (κ1) is 13.0. The summed E-state index contributed by atoms with van der Waals surface area (Å²) >= 11 is 0. The Hall–Kier alpha value is -0.0800. The molecule has 0 spiro atoms. The lowest BCUT2D eigenvalue weighted by atomic mass is 9.88. The van der Waals surface area contributed by atoms with Gasteiger partial charge in [0.15, 0.2) is 0 Å². The van der Waals surface area contributed by atoms with Gasteiger partial charge in [-0.2, -0.15) is 0 Å². The standard InChI is InChI=1S/C13H28N2/c1-4-9-14-10-11-15(3)12-13(2)7-5-6-8-13/h14H,4-12H2,1-3H3. The van der Waals surface area contributed by atoms with Crippen molar-refractivity contribution in [2.24, 2.45) is 5.41 Å². The third kappa shape index (κ3) is 4.98. The van der Waals surface area contributed by atoms with Crippen molar-refractivity contribution >= 4 is 0 Å². The smallest absolute Gasteiger partial charge is 0.0104 e. The minimum absolute atomic E-state index is 0.611. The van der Waals surface area contributed by atoms with Crippen molar-refractivity contribution in [1.82, 2.24) is 10.2 Å². The van der Waals surface area contributed by atoms with Gasteiger partial charge in [-0.1, -0.05) is 26.7 Å². The summed E-state index contributed by atoms with van der Waals surface area (Å²) in [5.74, 6) is 0. The fraction of sp³-hybridized carbons (Fsp3) is 1.00. The Kier molecular flexibility index (Phi) is 5.62. The number of nitrogens with one attached hydrogen (secondary N) is 1. The molecule has 0 aromatic heterocycles. The molecule has 0 amide bonds. The Morgan fingerprint density at radius 3 is 2.47 bits per heavy atom. The summed E-state index contributed by atoms with van der Waals surface area (Å²) in [7, 11) is 2.26. The van der Waals surface area contributed by atoms with E-state index in [1.807, 2.05) is 0 Å². The first-order valence-electron chi connectivity index (χ1n) is 6.55. The lowest BCUT2D eigenvalue weighted by Gasteiger charge is -2.29. The molecule has 1 aliphatic carbocycles. The van der Waals surface area contributed by atoms with E-state index >= 15 is 0 Å². The summed E-state index contributed by atoms with van der Waals surface area (Å²) in [4.78, 5) is 2.49. The molecule has 0 bridgehead atoms. The summed E-state index contributed by atoms with van der Waals surface area (Å²) < 4.78 is 0. The average molecular weight is 212 g/mol. The minimum Gasteiger partial charge on any atom is -0.315 e. The van der Waals surface area contributed by atoms with Gasteiger partial charge in [0.25, 0.3) is 0 Å². The van der Waals surface area contributed by atoms with Gasteiger partial charge in [-0.3, -0.25) is 0 Å². The third-order valence-corrected chi connectivity index (χ3v) is 3.56. The first-order valence-corrected chi connectivity index (χ1v) is 6.55. The van der Waals surface area contributed by atoms with Gasteiger partial charge in [-0.15, -0.1) is 0 Å². The highest BCUT2D eigenvalue weighted by Gasteiger charge is 2.29. The molecule has 0 radical (unpaired) electrons. The largest absolute Gasteiger partial charge is 0.315 e. The molecular formula is C13H28N2. The lowest BCUT2D eigenvalue weighted by Crippen LogP contribution is -2.36. The topological polar surface area (TPSA) is 15.3 Å². The molecule has 0 unspecified atom stereocenters. The highest BCUT2D eigenvalue weighted by atomic mass is 15.1. The van der Waals surface area contributed by atoms with E-state index in [4.69, 9.17) is 0 Å². The number of hydrogen-bond acceptors (Lipinski definition) is 2. The van der Waals surface area contributed by atoms with Crippen LogP contribution in [0.3, 0.4) is 0 Å². The first-order chi connectivity index (χ1) is 7.16. The van der Waals surface area contributed by atoms with Crippen LogP contribution in [-0.2, 0) is 0 Å².